The van der Waals surface area contributed by atoms with E-state index in [0.29, 0.717) is 11.6 Å². The molecule has 3 rings (SSSR count). The van der Waals surface area contributed by atoms with Crippen LogP contribution >= 0.6 is 0 Å². The van der Waals surface area contributed by atoms with Crippen LogP contribution in [0.4, 0.5) is 0 Å². The molecule has 23 heavy (non-hydrogen) atoms. The largest absolute Gasteiger partial charge is 0.345 e. The summed E-state index contributed by atoms with van der Waals surface area (Å²) in [6.45, 7) is 1.50. The number of imidazole rings is 1. The van der Waals surface area contributed by atoms with Crippen LogP contribution in [-0.2, 0) is 4.79 Å². The van der Waals surface area contributed by atoms with E-state index in [-0.39, 0.29) is 18.4 Å². The smallest absolute Gasteiger partial charge is 0.251 e. The molecule has 2 amide bonds. The SMILES string of the molecule is CN(C)[C@H]1CCN(C(=O)CNC(=O)c2ccc3nc[nH]c3c2)C1. The van der Waals surface area contributed by atoms with Crippen LogP contribution in [0.2, 0.25) is 0 Å². The quantitative estimate of drug-likeness (QED) is 0.858. The van der Waals surface area contributed by atoms with Crippen molar-refractivity contribution in [2.45, 2.75) is 12.5 Å². The molecule has 1 aromatic heterocycles. The second-order valence-corrected chi connectivity index (χ2v) is 6.06. The third kappa shape index (κ3) is 3.34. The maximum Gasteiger partial charge on any atom is 0.251 e. The molecule has 0 spiro atoms. The second kappa shape index (κ2) is 6.37. The Kier molecular flexibility index (Phi) is 4.29. The Morgan fingerprint density at radius 3 is 3.00 bits per heavy atom. The van der Waals surface area contributed by atoms with E-state index in [9.17, 15) is 9.59 Å². The number of likely N-dealkylation sites (N-methyl/N-ethyl adjacent to an activating group) is 1. The Bertz CT molecular complexity index is 724. The van der Waals surface area contributed by atoms with Crippen molar-refractivity contribution in [1.82, 2.24) is 25.1 Å². The second-order valence-electron chi connectivity index (χ2n) is 6.06. The minimum absolute atomic E-state index is 0.0278. The minimum atomic E-state index is -0.252. The molecule has 2 aromatic rings. The van der Waals surface area contributed by atoms with Crippen molar-refractivity contribution in [3.05, 3.63) is 30.1 Å². The van der Waals surface area contributed by atoms with Crippen LogP contribution in [0.1, 0.15) is 16.8 Å². The zero-order valence-corrected chi connectivity index (χ0v) is 13.4. The van der Waals surface area contributed by atoms with Gasteiger partial charge in [-0.2, -0.15) is 0 Å². The third-order valence-corrected chi connectivity index (χ3v) is 4.33. The number of benzene rings is 1. The molecule has 0 aliphatic carbocycles. The summed E-state index contributed by atoms with van der Waals surface area (Å²) in [6, 6.07) is 5.63. The number of likely N-dealkylation sites (tertiary alicyclic amines) is 1. The Hall–Kier alpha value is -2.41. The highest BCUT2D eigenvalue weighted by Crippen LogP contribution is 2.13. The number of hydrogen-bond acceptors (Lipinski definition) is 4. The van der Waals surface area contributed by atoms with Crippen molar-refractivity contribution < 1.29 is 9.59 Å². The summed E-state index contributed by atoms with van der Waals surface area (Å²) >= 11 is 0. The Morgan fingerprint density at radius 2 is 2.26 bits per heavy atom. The van der Waals surface area contributed by atoms with Gasteiger partial charge in [-0.1, -0.05) is 0 Å². The predicted molar refractivity (Wildman–Crippen MR) is 87.1 cm³/mol. The zero-order valence-electron chi connectivity index (χ0n) is 13.4. The van der Waals surface area contributed by atoms with Crippen LogP contribution in [0.3, 0.4) is 0 Å². The number of carbonyl (C=O) groups excluding carboxylic acids is 2. The highest BCUT2D eigenvalue weighted by atomic mass is 16.2. The van der Waals surface area contributed by atoms with Crippen molar-refractivity contribution >= 4 is 22.8 Å². The van der Waals surface area contributed by atoms with Crippen molar-refractivity contribution in [3.8, 4) is 0 Å². The Balaban J connectivity index is 1.55. The molecule has 2 heterocycles. The van der Waals surface area contributed by atoms with Gasteiger partial charge in [0.1, 0.15) is 0 Å². The van der Waals surface area contributed by atoms with Gasteiger partial charge in [0.2, 0.25) is 5.91 Å². The Labute approximate surface area is 134 Å². The lowest BCUT2D eigenvalue weighted by Gasteiger charge is -2.20. The minimum Gasteiger partial charge on any atom is -0.345 e. The lowest BCUT2D eigenvalue weighted by atomic mass is 10.2. The molecule has 7 heteroatoms. The van der Waals surface area contributed by atoms with Gasteiger partial charge in [0.05, 0.1) is 23.9 Å². The summed E-state index contributed by atoms with van der Waals surface area (Å²) in [5.41, 5.74) is 2.13. The normalized spacial score (nSPS) is 17.9. The van der Waals surface area contributed by atoms with Gasteiger partial charge in [0.25, 0.3) is 5.91 Å². The number of aromatic amines is 1. The summed E-state index contributed by atoms with van der Waals surface area (Å²) in [7, 11) is 4.04. The van der Waals surface area contributed by atoms with E-state index < -0.39 is 0 Å². The summed E-state index contributed by atoms with van der Waals surface area (Å²) in [5.74, 6) is -0.288. The highest BCUT2D eigenvalue weighted by Gasteiger charge is 2.27. The molecule has 2 N–H and O–H groups in total. The van der Waals surface area contributed by atoms with Gasteiger partial charge in [-0.3, -0.25) is 9.59 Å². The average molecular weight is 315 g/mol. The lowest BCUT2D eigenvalue weighted by Crippen LogP contribution is -2.40. The standard InChI is InChI=1S/C16H21N5O2/c1-20(2)12-5-6-21(9-12)15(22)8-17-16(23)11-3-4-13-14(7-11)19-10-18-13/h3-4,7,10,12H,5-6,8-9H2,1-2H3,(H,17,23)(H,18,19)/t12-/m0/s1. The molecule has 0 radical (unpaired) electrons. The van der Waals surface area contributed by atoms with E-state index in [1.54, 1.807) is 24.5 Å². The first-order chi connectivity index (χ1) is 11.0. The van der Waals surface area contributed by atoms with Crippen LogP contribution < -0.4 is 5.32 Å². The fourth-order valence-electron chi connectivity index (χ4n) is 2.84. The number of fused-ring (bicyclic) bond motifs is 1. The van der Waals surface area contributed by atoms with Crippen molar-refractivity contribution in [1.29, 1.82) is 0 Å². The van der Waals surface area contributed by atoms with Gasteiger partial charge < -0.3 is 20.1 Å². The number of rotatable bonds is 4. The first kappa shape index (κ1) is 15.5. The molecule has 1 aromatic carbocycles. The highest BCUT2D eigenvalue weighted by molar-refractivity contribution is 5.98. The molecule has 7 nitrogen and oxygen atoms in total. The van der Waals surface area contributed by atoms with E-state index in [1.807, 2.05) is 19.0 Å². The van der Waals surface area contributed by atoms with Crippen LogP contribution in [0.25, 0.3) is 11.0 Å². The fourth-order valence-corrected chi connectivity index (χ4v) is 2.84. The molecule has 0 saturated carbocycles. The first-order valence-corrected chi connectivity index (χ1v) is 7.70. The Morgan fingerprint density at radius 1 is 1.43 bits per heavy atom. The molecule has 1 atom stereocenters. The van der Waals surface area contributed by atoms with Crippen LogP contribution in [0, 0.1) is 0 Å². The summed E-state index contributed by atoms with van der Waals surface area (Å²) in [4.78, 5) is 35.4. The van der Waals surface area contributed by atoms with E-state index in [0.717, 1.165) is 30.5 Å². The molecule has 1 saturated heterocycles. The molecule has 0 unspecified atom stereocenters. The van der Waals surface area contributed by atoms with Gasteiger partial charge in [-0.15, -0.1) is 0 Å². The third-order valence-electron chi connectivity index (χ3n) is 4.33. The topological polar surface area (TPSA) is 81.3 Å². The summed E-state index contributed by atoms with van der Waals surface area (Å²) in [6.07, 6.45) is 2.56. The number of nitrogens with one attached hydrogen (secondary N) is 2. The van der Waals surface area contributed by atoms with Crippen molar-refractivity contribution in [3.63, 3.8) is 0 Å². The monoisotopic (exact) mass is 315 g/mol. The number of H-pyrrole nitrogens is 1. The maximum atomic E-state index is 12.2. The van der Waals surface area contributed by atoms with Crippen LogP contribution in [0.15, 0.2) is 24.5 Å². The van der Waals surface area contributed by atoms with Gasteiger partial charge in [-0.05, 0) is 38.7 Å². The zero-order chi connectivity index (χ0) is 16.4. The number of amides is 2. The molecular formula is C16H21N5O2. The predicted octanol–water partition coefficient (Wildman–Crippen LogP) is 0.455. The maximum absolute atomic E-state index is 12.2. The van der Waals surface area contributed by atoms with E-state index in [2.05, 4.69) is 20.2 Å². The average Bonchev–Trinajstić information content (AvgIpc) is 3.20. The van der Waals surface area contributed by atoms with Gasteiger partial charge >= 0.3 is 0 Å². The van der Waals surface area contributed by atoms with Gasteiger partial charge in [-0.25, -0.2) is 4.98 Å². The first-order valence-electron chi connectivity index (χ1n) is 7.70. The number of aromatic nitrogens is 2. The van der Waals surface area contributed by atoms with Gasteiger partial charge in [0, 0.05) is 24.7 Å². The number of nitrogens with zero attached hydrogens (tertiary/aromatic N) is 3. The molecule has 1 aliphatic rings. The molecule has 122 valence electrons. The van der Waals surface area contributed by atoms with Crippen molar-refractivity contribution in [2.75, 3.05) is 33.7 Å². The fraction of sp³-hybridized carbons (Fsp3) is 0.438. The van der Waals surface area contributed by atoms with E-state index in [1.165, 1.54) is 0 Å². The summed E-state index contributed by atoms with van der Waals surface area (Å²) < 4.78 is 0. The van der Waals surface area contributed by atoms with Crippen LogP contribution in [-0.4, -0.2) is 71.4 Å². The summed E-state index contributed by atoms with van der Waals surface area (Å²) in [5, 5.41) is 2.70. The van der Waals surface area contributed by atoms with E-state index in [4.69, 9.17) is 0 Å². The van der Waals surface area contributed by atoms with E-state index >= 15 is 0 Å². The molecule has 1 aliphatic heterocycles. The molecule has 1 fully saturated rings. The number of carbonyl (C=O) groups is 2. The molecule has 0 bridgehead atoms. The van der Waals surface area contributed by atoms with Gasteiger partial charge in [0.15, 0.2) is 0 Å². The molecular weight excluding hydrogens is 294 g/mol. The number of hydrogen-bond donors (Lipinski definition) is 2. The lowest BCUT2D eigenvalue weighted by molar-refractivity contribution is -0.129. The van der Waals surface area contributed by atoms with Crippen LogP contribution in [0.5, 0.6) is 0 Å². The van der Waals surface area contributed by atoms with Crippen molar-refractivity contribution in [2.24, 2.45) is 0 Å².